The van der Waals surface area contributed by atoms with Crippen molar-refractivity contribution in [3.8, 4) is 0 Å². The summed E-state index contributed by atoms with van der Waals surface area (Å²) in [5.74, 6) is 1.31. The maximum absolute atomic E-state index is 11.5. The summed E-state index contributed by atoms with van der Waals surface area (Å²) in [6.45, 7) is 2.15. The van der Waals surface area contributed by atoms with Gasteiger partial charge < -0.3 is 0 Å². The van der Waals surface area contributed by atoms with Crippen molar-refractivity contribution in [1.82, 2.24) is 0 Å². The first kappa shape index (κ1) is 7.08. The summed E-state index contributed by atoms with van der Waals surface area (Å²) in [5.41, 5.74) is 1.42. The van der Waals surface area contributed by atoms with Gasteiger partial charge in [0.15, 0.2) is 0 Å². The van der Waals surface area contributed by atoms with Crippen molar-refractivity contribution in [2.45, 2.75) is 32.6 Å². The van der Waals surface area contributed by atoms with Gasteiger partial charge in [-0.3, -0.25) is 4.79 Å². The molecule has 0 spiro atoms. The van der Waals surface area contributed by atoms with E-state index in [1.165, 1.54) is 5.57 Å². The number of rotatable bonds is 0. The standard InChI is InChI=1S/C10H14O/c1-7-2-3-8-4-5-9(6-7)10(8)11/h2,8-9H,3-6H2,1H3. The third kappa shape index (κ3) is 1.13. The third-order valence-corrected chi connectivity index (χ3v) is 2.99. The molecule has 0 aromatic rings. The van der Waals surface area contributed by atoms with E-state index in [4.69, 9.17) is 0 Å². The van der Waals surface area contributed by atoms with Crippen LogP contribution in [0.2, 0.25) is 0 Å². The molecule has 1 nitrogen and oxygen atoms in total. The van der Waals surface area contributed by atoms with Gasteiger partial charge in [0.2, 0.25) is 0 Å². The number of carbonyl (C=O) groups excluding carboxylic acids is 1. The molecule has 0 radical (unpaired) electrons. The van der Waals surface area contributed by atoms with Gasteiger partial charge in [-0.05, 0) is 32.6 Å². The molecule has 2 aliphatic carbocycles. The van der Waals surface area contributed by atoms with Crippen LogP contribution in [0.15, 0.2) is 11.6 Å². The topological polar surface area (TPSA) is 17.1 Å². The predicted octanol–water partition coefficient (Wildman–Crippen LogP) is 2.32. The zero-order valence-electron chi connectivity index (χ0n) is 6.97. The number of allylic oxidation sites excluding steroid dienone is 2. The Hall–Kier alpha value is -0.590. The summed E-state index contributed by atoms with van der Waals surface area (Å²) in [4.78, 5) is 11.5. The van der Waals surface area contributed by atoms with E-state index in [2.05, 4.69) is 13.0 Å². The van der Waals surface area contributed by atoms with Gasteiger partial charge in [0.05, 0.1) is 0 Å². The Kier molecular flexibility index (Phi) is 1.59. The van der Waals surface area contributed by atoms with Crippen LogP contribution in [0.4, 0.5) is 0 Å². The quantitative estimate of drug-likeness (QED) is 0.484. The van der Waals surface area contributed by atoms with Gasteiger partial charge in [0.1, 0.15) is 5.78 Å². The van der Waals surface area contributed by atoms with Crippen LogP contribution in [0.25, 0.3) is 0 Å². The number of Topliss-reactive ketones (excluding diaryl/α,β-unsaturated/α-hetero) is 1. The second-order valence-corrected chi connectivity index (χ2v) is 3.86. The van der Waals surface area contributed by atoms with Crippen molar-refractivity contribution in [3.63, 3.8) is 0 Å². The van der Waals surface area contributed by atoms with E-state index in [0.29, 0.717) is 17.6 Å². The van der Waals surface area contributed by atoms with Crippen LogP contribution >= 0.6 is 0 Å². The summed E-state index contributed by atoms with van der Waals surface area (Å²) in [6.07, 6.45) is 6.60. The Morgan fingerprint density at radius 1 is 1.36 bits per heavy atom. The van der Waals surface area contributed by atoms with E-state index in [-0.39, 0.29) is 0 Å². The first-order valence-corrected chi connectivity index (χ1v) is 4.46. The molecule has 0 aromatic carbocycles. The lowest BCUT2D eigenvalue weighted by Crippen LogP contribution is -2.11. The first-order chi connectivity index (χ1) is 5.27. The normalized spacial score (nSPS) is 36.8. The van der Waals surface area contributed by atoms with Gasteiger partial charge in [-0.1, -0.05) is 11.6 Å². The fourth-order valence-corrected chi connectivity index (χ4v) is 2.27. The van der Waals surface area contributed by atoms with Crippen molar-refractivity contribution in [2.24, 2.45) is 11.8 Å². The molecule has 0 aliphatic heterocycles. The van der Waals surface area contributed by atoms with Crippen LogP contribution in [0.5, 0.6) is 0 Å². The van der Waals surface area contributed by atoms with Crippen molar-refractivity contribution >= 4 is 5.78 Å². The molecule has 11 heavy (non-hydrogen) atoms. The molecular weight excluding hydrogens is 136 g/mol. The van der Waals surface area contributed by atoms with Gasteiger partial charge in [0, 0.05) is 11.8 Å². The minimum Gasteiger partial charge on any atom is -0.299 e. The van der Waals surface area contributed by atoms with E-state index < -0.39 is 0 Å². The molecule has 0 saturated heterocycles. The number of hydrogen-bond donors (Lipinski definition) is 0. The van der Waals surface area contributed by atoms with E-state index in [9.17, 15) is 4.79 Å². The lowest BCUT2D eigenvalue weighted by molar-refractivity contribution is -0.123. The average Bonchev–Trinajstić information content (AvgIpc) is 2.20. The SMILES string of the molecule is CC1=CCC2CCC(C1)C2=O. The molecule has 60 valence electrons. The fraction of sp³-hybridized carbons (Fsp3) is 0.700. The van der Waals surface area contributed by atoms with Gasteiger partial charge in [-0.2, -0.15) is 0 Å². The monoisotopic (exact) mass is 150 g/mol. The molecule has 0 heterocycles. The van der Waals surface area contributed by atoms with Crippen molar-refractivity contribution in [2.75, 3.05) is 0 Å². The maximum Gasteiger partial charge on any atom is 0.139 e. The summed E-state index contributed by atoms with van der Waals surface area (Å²) in [6, 6.07) is 0. The second kappa shape index (κ2) is 2.47. The van der Waals surface area contributed by atoms with Crippen LogP contribution in [0, 0.1) is 11.8 Å². The molecule has 2 rings (SSSR count). The molecule has 0 N–H and O–H groups in total. The number of ketones is 1. The van der Waals surface area contributed by atoms with Gasteiger partial charge in [-0.25, -0.2) is 0 Å². The van der Waals surface area contributed by atoms with Crippen molar-refractivity contribution in [1.29, 1.82) is 0 Å². The summed E-state index contributed by atoms with van der Waals surface area (Å²) < 4.78 is 0. The zero-order valence-corrected chi connectivity index (χ0v) is 6.97. The number of hydrogen-bond acceptors (Lipinski definition) is 1. The maximum atomic E-state index is 11.5. The fourth-order valence-electron chi connectivity index (χ4n) is 2.27. The minimum atomic E-state index is 0.387. The second-order valence-electron chi connectivity index (χ2n) is 3.86. The van der Waals surface area contributed by atoms with Crippen molar-refractivity contribution < 1.29 is 4.79 Å². The molecule has 0 amide bonds. The van der Waals surface area contributed by atoms with Crippen LogP contribution in [-0.4, -0.2) is 5.78 Å². The Bertz CT molecular complexity index is 215. The highest BCUT2D eigenvalue weighted by Crippen LogP contribution is 2.36. The Labute approximate surface area is 67.5 Å². The van der Waals surface area contributed by atoms with Crippen LogP contribution < -0.4 is 0 Å². The molecule has 1 fully saturated rings. The highest BCUT2D eigenvalue weighted by molar-refractivity contribution is 5.86. The van der Waals surface area contributed by atoms with Crippen LogP contribution in [0.3, 0.4) is 0 Å². The smallest absolute Gasteiger partial charge is 0.139 e. The molecule has 2 unspecified atom stereocenters. The lowest BCUT2D eigenvalue weighted by Gasteiger charge is -2.05. The van der Waals surface area contributed by atoms with Gasteiger partial charge >= 0.3 is 0 Å². The highest BCUT2D eigenvalue weighted by atomic mass is 16.1. The largest absolute Gasteiger partial charge is 0.299 e. The van der Waals surface area contributed by atoms with E-state index in [1.54, 1.807) is 0 Å². The number of fused-ring (bicyclic) bond motifs is 2. The highest BCUT2D eigenvalue weighted by Gasteiger charge is 2.34. The summed E-state index contributed by atoms with van der Waals surface area (Å²) >= 11 is 0. The third-order valence-electron chi connectivity index (χ3n) is 2.99. The predicted molar refractivity (Wildman–Crippen MR) is 44.2 cm³/mol. The Morgan fingerprint density at radius 3 is 2.91 bits per heavy atom. The number of carbonyl (C=O) groups is 1. The van der Waals surface area contributed by atoms with E-state index >= 15 is 0 Å². The van der Waals surface area contributed by atoms with E-state index in [0.717, 1.165) is 25.7 Å². The summed E-state index contributed by atoms with van der Waals surface area (Å²) in [5, 5.41) is 0. The Balaban J connectivity index is 2.23. The molecule has 0 aromatic heterocycles. The molecule has 1 saturated carbocycles. The first-order valence-electron chi connectivity index (χ1n) is 4.46. The van der Waals surface area contributed by atoms with Crippen LogP contribution in [-0.2, 0) is 4.79 Å². The summed E-state index contributed by atoms with van der Waals surface area (Å²) in [7, 11) is 0. The van der Waals surface area contributed by atoms with Gasteiger partial charge in [-0.15, -0.1) is 0 Å². The average molecular weight is 150 g/mol. The Morgan fingerprint density at radius 2 is 2.09 bits per heavy atom. The van der Waals surface area contributed by atoms with Crippen LogP contribution in [0.1, 0.15) is 32.6 Å². The molecule has 2 aliphatic rings. The van der Waals surface area contributed by atoms with E-state index in [1.807, 2.05) is 0 Å². The molecular formula is C10H14O. The van der Waals surface area contributed by atoms with Crippen molar-refractivity contribution in [3.05, 3.63) is 11.6 Å². The molecule has 2 atom stereocenters. The lowest BCUT2D eigenvalue weighted by atomic mass is 9.99. The zero-order chi connectivity index (χ0) is 7.84. The molecule has 1 heteroatoms. The minimum absolute atomic E-state index is 0.387. The van der Waals surface area contributed by atoms with Gasteiger partial charge in [0.25, 0.3) is 0 Å². The molecule has 2 bridgehead atoms.